The smallest absolute Gasteiger partial charge is 0.310 e. The van der Waals surface area contributed by atoms with Crippen molar-refractivity contribution in [3.8, 4) is 0 Å². The molecule has 2 heteroatoms. The number of carbonyl (C=O) groups excluding carboxylic acids is 1. The molecule has 5 rings (SSSR count). The van der Waals surface area contributed by atoms with Crippen LogP contribution in [0.4, 0.5) is 0 Å². The molecule has 4 fully saturated rings. The van der Waals surface area contributed by atoms with Crippen LogP contribution in [0.3, 0.4) is 0 Å². The SMILES string of the molecule is C/C(=C/CC[C@]1(C)C2C[C@@H]3[C@H](C2)C31C)COC(=O)Cc1ccccc1. The number of rotatable bonds is 7. The number of allylic oxidation sites excluding steroid dienone is 1. The molecular formula is C23H30O2. The zero-order valence-corrected chi connectivity index (χ0v) is 15.8. The second-order valence-corrected chi connectivity index (χ2v) is 8.99. The second-order valence-electron chi connectivity index (χ2n) is 8.99. The summed E-state index contributed by atoms with van der Waals surface area (Å²) in [7, 11) is 0. The Morgan fingerprint density at radius 2 is 1.88 bits per heavy atom. The third-order valence-electron chi connectivity index (χ3n) is 7.93. The molecule has 2 nitrogen and oxygen atoms in total. The van der Waals surface area contributed by atoms with E-state index in [-0.39, 0.29) is 5.97 Å². The fourth-order valence-corrected chi connectivity index (χ4v) is 6.19. The molecular weight excluding hydrogens is 308 g/mol. The molecule has 4 saturated carbocycles. The first kappa shape index (κ1) is 16.9. The molecule has 0 amide bonds. The molecule has 0 aromatic heterocycles. The fourth-order valence-electron chi connectivity index (χ4n) is 6.19. The van der Waals surface area contributed by atoms with E-state index < -0.39 is 0 Å². The number of hydrogen-bond donors (Lipinski definition) is 0. The summed E-state index contributed by atoms with van der Waals surface area (Å²) >= 11 is 0. The maximum Gasteiger partial charge on any atom is 0.310 e. The molecule has 134 valence electrons. The average molecular weight is 338 g/mol. The molecule has 0 N–H and O–H groups in total. The van der Waals surface area contributed by atoms with Crippen LogP contribution in [0.1, 0.15) is 52.0 Å². The van der Waals surface area contributed by atoms with Gasteiger partial charge in [-0.25, -0.2) is 0 Å². The molecule has 1 aromatic carbocycles. The summed E-state index contributed by atoms with van der Waals surface area (Å²) in [5.74, 6) is 2.89. The zero-order chi connectivity index (χ0) is 17.7. The lowest BCUT2D eigenvalue weighted by atomic mass is 9.71. The van der Waals surface area contributed by atoms with Crippen LogP contribution >= 0.6 is 0 Å². The Labute approximate surface area is 151 Å². The predicted molar refractivity (Wildman–Crippen MR) is 100 cm³/mol. The van der Waals surface area contributed by atoms with Crippen molar-refractivity contribution in [3.05, 3.63) is 47.5 Å². The van der Waals surface area contributed by atoms with Gasteiger partial charge in [0.25, 0.3) is 0 Å². The molecule has 0 spiro atoms. The molecule has 4 aliphatic carbocycles. The van der Waals surface area contributed by atoms with Crippen molar-refractivity contribution < 1.29 is 9.53 Å². The van der Waals surface area contributed by atoms with E-state index in [1.807, 2.05) is 30.3 Å². The lowest BCUT2D eigenvalue weighted by Gasteiger charge is -2.34. The van der Waals surface area contributed by atoms with Gasteiger partial charge in [0.05, 0.1) is 6.42 Å². The Morgan fingerprint density at radius 3 is 2.48 bits per heavy atom. The summed E-state index contributed by atoms with van der Waals surface area (Å²) in [6.45, 7) is 7.58. The maximum absolute atomic E-state index is 11.9. The Balaban J connectivity index is 1.22. The van der Waals surface area contributed by atoms with Gasteiger partial charge in [-0.1, -0.05) is 50.3 Å². The highest BCUT2D eigenvalue weighted by Gasteiger charge is 2.80. The highest BCUT2D eigenvalue weighted by atomic mass is 16.5. The Morgan fingerprint density at radius 1 is 1.20 bits per heavy atom. The van der Waals surface area contributed by atoms with E-state index in [0.29, 0.717) is 23.9 Å². The van der Waals surface area contributed by atoms with E-state index in [1.54, 1.807) is 0 Å². The first-order valence-electron chi connectivity index (χ1n) is 9.80. The van der Waals surface area contributed by atoms with Gasteiger partial charge in [-0.2, -0.15) is 0 Å². The van der Waals surface area contributed by atoms with Crippen LogP contribution in [0, 0.1) is 28.6 Å². The van der Waals surface area contributed by atoms with E-state index >= 15 is 0 Å². The number of carbonyl (C=O) groups is 1. The van der Waals surface area contributed by atoms with Crippen molar-refractivity contribution >= 4 is 5.97 Å². The minimum Gasteiger partial charge on any atom is -0.461 e. The van der Waals surface area contributed by atoms with Crippen molar-refractivity contribution in [2.45, 2.75) is 52.9 Å². The standard InChI is InChI=1S/C23H30O2/c1-16(15-25-21(24)12-17-9-5-4-6-10-17)8-7-11-22(2)18-13-19-20(14-18)23(19,22)3/h4-6,8-10,18-20H,7,11-15H2,1-3H3/b16-8-/t18?,19-,20+,22-,23?/m1/s1. The topological polar surface area (TPSA) is 26.3 Å². The lowest BCUT2D eigenvalue weighted by molar-refractivity contribution is -0.141. The van der Waals surface area contributed by atoms with Crippen LogP contribution in [0.15, 0.2) is 42.0 Å². The molecule has 0 heterocycles. The molecule has 0 saturated heterocycles. The minimum absolute atomic E-state index is 0.143. The first-order chi connectivity index (χ1) is 11.9. The van der Waals surface area contributed by atoms with Gasteiger partial charge in [0.1, 0.15) is 6.61 Å². The molecule has 5 atom stereocenters. The molecule has 25 heavy (non-hydrogen) atoms. The highest BCUT2D eigenvalue weighted by Crippen LogP contribution is 2.87. The largest absolute Gasteiger partial charge is 0.461 e. The third-order valence-corrected chi connectivity index (χ3v) is 7.93. The lowest BCUT2D eigenvalue weighted by Crippen LogP contribution is -2.26. The number of esters is 1. The number of hydrogen-bond acceptors (Lipinski definition) is 2. The zero-order valence-electron chi connectivity index (χ0n) is 15.8. The summed E-state index contributed by atoms with van der Waals surface area (Å²) in [6, 6.07) is 9.78. The van der Waals surface area contributed by atoms with Gasteiger partial charge in [0.15, 0.2) is 0 Å². The minimum atomic E-state index is -0.143. The van der Waals surface area contributed by atoms with Crippen molar-refractivity contribution in [2.75, 3.05) is 6.61 Å². The molecule has 0 aliphatic heterocycles. The molecule has 4 bridgehead atoms. The van der Waals surface area contributed by atoms with Crippen molar-refractivity contribution in [2.24, 2.45) is 28.6 Å². The maximum atomic E-state index is 11.9. The van der Waals surface area contributed by atoms with Crippen molar-refractivity contribution in [1.82, 2.24) is 0 Å². The van der Waals surface area contributed by atoms with Crippen molar-refractivity contribution in [1.29, 1.82) is 0 Å². The normalized spacial score (nSPS) is 38.0. The van der Waals surface area contributed by atoms with Gasteiger partial charge in [-0.15, -0.1) is 0 Å². The molecule has 2 unspecified atom stereocenters. The van der Waals surface area contributed by atoms with Gasteiger partial charge in [-0.05, 0) is 72.3 Å². The van der Waals surface area contributed by atoms with Crippen LogP contribution in [-0.4, -0.2) is 12.6 Å². The van der Waals surface area contributed by atoms with E-state index in [1.165, 1.54) is 24.8 Å². The monoisotopic (exact) mass is 338 g/mol. The van der Waals surface area contributed by atoms with Crippen LogP contribution in [0.25, 0.3) is 0 Å². The Kier molecular flexibility index (Phi) is 4.05. The summed E-state index contributed by atoms with van der Waals surface area (Å²) in [6.07, 6.45) is 8.02. The van der Waals surface area contributed by atoms with Crippen LogP contribution in [-0.2, 0) is 16.0 Å². The van der Waals surface area contributed by atoms with Gasteiger partial charge in [0, 0.05) is 0 Å². The van der Waals surface area contributed by atoms with Gasteiger partial charge < -0.3 is 4.74 Å². The fraction of sp³-hybridized carbons (Fsp3) is 0.609. The predicted octanol–water partition coefficient (Wildman–Crippen LogP) is 5.18. The van der Waals surface area contributed by atoms with Crippen LogP contribution < -0.4 is 0 Å². The van der Waals surface area contributed by atoms with E-state index in [9.17, 15) is 4.79 Å². The van der Waals surface area contributed by atoms with Gasteiger partial charge >= 0.3 is 5.97 Å². The van der Waals surface area contributed by atoms with E-state index in [4.69, 9.17) is 4.74 Å². The third kappa shape index (κ3) is 2.65. The Hall–Kier alpha value is -1.57. The van der Waals surface area contributed by atoms with Crippen LogP contribution in [0.5, 0.6) is 0 Å². The van der Waals surface area contributed by atoms with Gasteiger partial charge in [-0.3, -0.25) is 4.79 Å². The van der Waals surface area contributed by atoms with Crippen molar-refractivity contribution in [3.63, 3.8) is 0 Å². The summed E-state index contributed by atoms with van der Waals surface area (Å²) in [5, 5.41) is 0. The van der Waals surface area contributed by atoms with Crippen LogP contribution in [0.2, 0.25) is 0 Å². The summed E-state index contributed by atoms with van der Waals surface area (Å²) < 4.78 is 5.43. The first-order valence-corrected chi connectivity index (χ1v) is 9.80. The second kappa shape index (κ2) is 6.00. The van der Waals surface area contributed by atoms with E-state index in [2.05, 4.69) is 26.8 Å². The average Bonchev–Trinajstić information content (AvgIpc) is 2.92. The summed E-state index contributed by atoms with van der Waals surface area (Å²) in [5.41, 5.74) is 3.37. The quantitative estimate of drug-likeness (QED) is 0.506. The highest BCUT2D eigenvalue weighted by molar-refractivity contribution is 5.72. The Bertz CT molecular complexity index is 677. The molecule has 0 radical (unpaired) electrons. The summed E-state index contributed by atoms with van der Waals surface area (Å²) in [4.78, 5) is 11.9. The number of benzene rings is 1. The number of ether oxygens (including phenoxy) is 1. The molecule has 1 aromatic rings. The van der Waals surface area contributed by atoms with Gasteiger partial charge in [0.2, 0.25) is 0 Å². The van der Waals surface area contributed by atoms with E-state index in [0.717, 1.165) is 29.7 Å². The molecule has 4 aliphatic rings.